The lowest BCUT2D eigenvalue weighted by Gasteiger charge is -2.34. The number of aryl methyl sites for hydroxylation is 2. The van der Waals surface area contributed by atoms with E-state index in [1.54, 1.807) is 44.2 Å². The molecule has 1 unspecified atom stereocenters. The second kappa shape index (κ2) is 8.15. The van der Waals surface area contributed by atoms with Crippen molar-refractivity contribution in [2.75, 3.05) is 4.90 Å². The molecule has 160 valence electrons. The fourth-order valence-corrected chi connectivity index (χ4v) is 3.90. The topological polar surface area (TPSA) is 64.4 Å². The van der Waals surface area contributed by atoms with Gasteiger partial charge in [0.05, 0.1) is 17.9 Å². The van der Waals surface area contributed by atoms with Gasteiger partial charge in [0.2, 0.25) is 0 Å². The summed E-state index contributed by atoms with van der Waals surface area (Å²) in [5.41, 5.74) is 2.36. The van der Waals surface area contributed by atoms with E-state index in [1.165, 1.54) is 21.7 Å². The number of benzene rings is 2. The van der Waals surface area contributed by atoms with E-state index in [2.05, 4.69) is 5.10 Å². The van der Waals surface area contributed by atoms with E-state index >= 15 is 0 Å². The molecule has 3 aromatic rings. The van der Waals surface area contributed by atoms with Gasteiger partial charge in [-0.3, -0.25) is 9.59 Å². The number of carbonyl (C=O) groups is 2. The van der Waals surface area contributed by atoms with Crippen LogP contribution in [-0.4, -0.2) is 27.7 Å². The molecule has 0 bridgehead atoms. The minimum absolute atomic E-state index is 0.0747. The predicted molar refractivity (Wildman–Crippen MR) is 115 cm³/mol. The molecule has 0 N–H and O–H groups in total. The molecule has 6 nitrogen and oxygen atoms in total. The van der Waals surface area contributed by atoms with Gasteiger partial charge < -0.3 is 9.64 Å². The van der Waals surface area contributed by atoms with Gasteiger partial charge in [-0.25, -0.2) is 9.07 Å². The molecule has 0 saturated heterocycles. The predicted octanol–water partition coefficient (Wildman–Crippen LogP) is 4.69. The first kappa shape index (κ1) is 21.1. The Kier molecular flexibility index (Phi) is 5.54. The molecule has 1 aliphatic heterocycles. The lowest BCUT2D eigenvalue weighted by molar-refractivity contribution is -0.126. The van der Waals surface area contributed by atoms with Gasteiger partial charge in [0.1, 0.15) is 11.6 Å². The normalized spacial score (nSPS) is 15.6. The number of nitrogens with zero attached hydrogens (tertiary/aromatic N) is 3. The highest BCUT2D eigenvalue weighted by Gasteiger charge is 2.35. The summed E-state index contributed by atoms with van der Waals surface area (Å²) in [4.78, 5) is 27.5. The van der Waals surface area contributed by atoms with E-state index in [1.807, 2.05) is 6.92 Å². The van der Waals surface area contributed by atoms with Crippen LogP contribution in [0.1, 0.15) is 40.7 Å². The molecular formula is C23H21ClFN3O3. The maximum atomic E-state index is 14.4. The average Bonchev–Trinajstić information content (AvgIpc) is 3.08. The van der Waals surface area contributed by atoms with Crippen LogP contribution in [0, 0.1) is 19.7 Å². The second-order valence-corrected chi connectivity index (χ2v) is 7.87. The Hall–Kier alpha value is -3.19. The lowest BCUT2D eigenvalue weighted by Crippen LogP contribution is -2.45. The van der Waals surface area contributed by atoms with E-state index < -0.39 is 11.9 Å². The van der Waals surface area contributed by atoms with Gasteiger partial charge in [-0.05, 0) is 56.7 Å². The SMILES string of the molecule is CCC1Oc2ccc(C(=O)n3nc(C)cc3C)cc2N(Cc2c(F)cccc2Cl)C1=O. The Balaban J connectivity index is 1.78. The minimum atomic E-state index is -0.699. The van der Waals surface area contributed by atoms with Crippen LogP contribution >= 0.6 is 11.6 Å². The first-order valence-electron chi connectivity index (χ1n) is 9.93. The number of halogens is 2. The lowest BCUT2D eigenvalue weighted by atomic mass is 10.1. The van der Waals surface area contributed by atoms with Crippen LogP contribution in [0.3, 0.4) is 0 Å². The van der Waals surface area contributed by atoms with E-state index in [9.17, 15) is 14.0 Å². The molecule has 0 radical (unpaired) electrons. The second-order valence-electron chi connectivity index (χ2n) is 7.47. The Morgan fingerprint density at radius 2 is 2.00 bits per heavy atom. The third-order valence-corrected chi connectivity index (χ3v) is 5.61. The smallest absolute Gasteiger partial charge is 0.278 e. The van der Waals surface area contributed by atoms with E-state index in [0.29, 0.717) is 29.1 Å². The summed E-state index contributed by atoms with van der Waals surface area (Å²) in [6.45, 7) is 5.36. The van der Waals surface area contributed by atoms with E-state index in [4.69, 9.17) is 16.3 Å². The molecule has 0 fully saturated rings. The maximum absolute atomic E-state index is 14.4. The fraction of sp³-hybridized carbons (Fsp3) is 0.261. The van der Waals surface area contributed by atoms with Crippen LogP contribution < -0.4 is 9.64 Å². The third-order valence-electron chi connectivity index (χ3n) is 5.26. The number of anilines is 1. The van der Waals surface area contributed by atoms with Crippen molar-refractivity contribution < 1.29 is 18.7 Å². The fourth-order valence-electron chi connectivity index (χ4n) is 3.68. The van der Waals surface area contributed by atoms with Crippen LogP contribution in [0.4, 0.5) is 10.1 Å². The molecule has 1 aliphatic rings. The Morgan fingerprint density at radius 1 is 1.23 bits per heavy atom. The number of ether oxygens (including phenoxy) is 1. The van der Waals surface area contributed by atoms with E-state index in [0.717, 1.165) is 5.69 Å². The summed E-state index contributed by atoms with van der Waals surface area (Å²) >= 11 is 6.20. The zero-order chi connectivity index (χ0) is 22.3. The molecule has 8 heteroatoms. The monoisotopic (exact) mass is 441 g/mol. The van der Waals surface area contributed by atoms with Gasteiger partial charge in [-0.1, -0.05) is 24.6 Å². The zero-order valence-electron chi connectivity index (χ0n) is 17.4. The molecule has 0 aliphatic carbocycles. The van der Waals surface area contributed by atoms with Crippen LogP contribution in [-0.2, 0) is 11.3 Å². The Morgan fingerprint density at radius 3 is 2.65 bits per heavy atom. The van der Waals surface area contributed by atoms with Gasteiger partial charge in [0.25, 0.3) is 11.8 Å². The van der Waals surface area contributed by atoms with Gasteiger partial charge in [-0.2, -0.15) is 5.10 Å². The number of hydrogen-bond acceptors (Lipinski definition) is 4. The van der Waals surface area contributed by atoms with Gasteiger partial charge in [0, 0.05) is 21.8 Å². The van der Waals surface area contributed by atoms with Crippen molar-refractivity contribution in [1.29, 1.82) is 0 Å². The molecule has 2 aromatic carbocycles. The summed E-state index contributed by atoms with van der Waals surface area (Å²) < 4.78 is 21.6. The maximum Gasteiger partial charge on any atom is 0.278 e. The van der Waals surface area contributed by atoms with Crippen molar-refractivity contribution in [1.82, 2.24) is 9.78 Å². The zero-order valence-corrected chi connectivity index (χ0v) is 18.1. The Bertz CT molecular complexity index is 1170. The summed E-state index contributed by atoms with van der Waals surface area (Å²) in [6.07, 6.45) is -0.248. The molecule has 4 rings (SSSR count). The molecule has 0 spiro atoms. The average molecular weight is 442 g/mol. The van der Waals surface area contributed by atoms with E-state index in [-0.39, 0.29) is 28.9 Å². The van der Waals surface area contributed by atoms with Crippen molar-refractivity contribution >= 4 is 29.1 Å². The quantitative estimate of drug-likeness (QED) is 0.589. The van der Waals surface area contributed by atoms with Crippen molar-refractivity contribution in [3.8, 4) is 5.75 Å². The van der Waals surface area contributed by atoms with Crippen LogP contribution in [0.25, 0.3) is 0 Å². The Labute approximate surface area is 184 Å². The van der Waals surface area contributed by atoms with Crippen LogP contribution in [0.2, 0.25) is 5.02 Å². The first-order valence-corrected chi connectivity index (χ1v) is 10.3. The molecule has 2 heterocycles. The van der Waals surface area contributed by atoms with Gasteiger partial charge >= 0.3 is 0 Å². The van der Waals surface area contributed by atoms with Crippen molar-refractivity contribution in [2.45, 2.75) is 39.8 Å². The molecule has 0 saturated carbocycles. The number of carbonyl (C=O) groups excluding carboxylic acids is 2. The number of rotatable bonds is 4. The van der Waals surface area contributed by atoms with Crippen LogP contribution in [0.15, 0.2) is 42.5 Å². The highest BCUT2D eigenvalue weighted by atomic mass is 35.5. The highest BCUT2D eigenvalue weighted by molar-refractivity contribution is 6.31. The summed E-state index contributed by atoms with van der Waals surface area (Å²) in [7, 11) is 0. The molecular weight excluding hydrogens is 421 g/mol. The highest BCUT2D eigenvalue weighted by Crippen LogP contribution is 2.37. The standard InChI is InChI=1S/C23H21ClFN3O3/c1-4-20-23(30)27(12-16-17(24)6-5-7-18(16)25)19-11-15(8-9-21(19)31-20)22(29)28-14(3)10-13(2)26-28/h5-11,20H,4,12H2,1-3H3. The number of amides is 1. The van der Waals surface area contributed by atoms with Gasteiger partial charge in [0.15, 0.2) is 6.10 Å². The minimum Gasteiger partial charge on any atom is -0.478 e. The number of fused-ring (bicyclic) bond motifs is 1. The summed E-state index contributed by atoms with van der Waals surface area (Å²) in [5.74, 6) is -0.701. The van der Waals surface area contributed by atoms with Crippen molar-refractivity contribution in [3.63, 3.8) is 0 Å². The molecule has 1 aromatic heterocycles. The number of hydrogen-bond donors (Lipinski definition) is 0. The van der Waals surface area contributed by atoms with Crippen LogP contribution in [0.5, 0.6) is 5.75 Å². The molecule has 31 heavy (non-hydrogen) atoms. The van der Waals surface area contributed by atoms with Gasteiger partial charge in [-0.15, -0.1) is 0 Å². The summed E-state index contributed by atoms with van der Waals surface area (Å²) in [5, 5.41) is 4.46. The third kappa shape index (κ3) is 3.81. The summed E-state index contributed by atoms with van der Waals surface area (Å²) in [6, 6.07) is 11.1. The van der Waals surface area contributed by atoms with Crippen molar-refractivity contribution in [2.24, 2.45) is 0 Å². The largest absolute Gasteiger partial charge is 0.478 e. The first-order chi connectivity index (χ1) is 14.8. The van der Waals surface area contributed by atoms with Crippen molar-refractivity contribution in [3.05, 3.63) is 75.8 Å². The molecule has 1 amide bonds. The molecule has 1 atom stereocenters. The number of aromatic nitrogens is 2.